The SMILES string of the molecule is CCCCCc1cc(S(=O)(=O)c2cc(CCCCC)c(N)c(CCCCC)c2)cc(CCCCC)c1N. The Balaban J connectivity index is 2.57. The van der Waals surface area contributed by atoms with Gasteiger partial charge in [-0.2, -0.15) is 0 Å². The van der Waals surface area contributed by atoms with Crippen molar-refractivity contribution in [3.8, 4) is 0 Å². The van der Waals surface area contributed by atoms with Crippen LogP contribution in [0.2, 0.25) is 0 Å². The van der Waals surface area contributed by atoms with Crippen molar-refractivity contribution in [3.63, 3.8) is 0 Å². The number of hydrogen-bond donors (Lipinski definition) is 2. The standard InChI is InChI=1S/C32H52N2O2S/c1-5-9-13-17-25-21-29(22-26(31(25)33)18-14-10-6-2)37(35,36)30-23-27(19-15-11-7-3)32(34)28(24-30)20-16-12-8-4/h21-24H,5-20,33-34H2,1-4H3. The number of anilines is 2. The van der Waals surface area contributed by atoms with Crippen molar-refractivity contribution < 1.29 is 8.42 Å². The number of rotatable bonds is 18. The van der Waals surface area contributed by atoms with Gasteiger partial charge in [-0.1, -0.05) is 79.1 Å². The molecule has 0 aliphatic heterocycles. The molecule has 0 atom stereocenters. The second-order valence-electron chi connectivity index (χ2n) is 10.6. The van der Waals surface area contributed by atoms with Gasteiger partial charge in [0.1, 0.15) is 0 Å². The van der Waals surface area contributed by atoms with E-state index >= 15 is 0 Å². The molecule has 2 aromatic rings. The van der Waals surface area contributed by atoms with E-state index in [1.165, 1.54) is 0 Å². The molecule has 0 radical (unpaired) electrons. The van der Waals surface area contributed by atoms with E-state index in [4.69, 9.17) is 11.5 Å². The third-order valence-electron chi connectivity index (χ3n) is 7.47. The summed E-state index contributed by atoms with van der Waals surface area (Å²) in [6, 6.07) is 7.36. The van der Waals surface area contributed by atoms with Crippen LogP contribution in [0.5, 0.6) is 0 Å². The molecule has 0 spiro atoms. The normalized spacial score (nSPS) is 11.8. The van der Waals surface area contributed by atoms with E-state index in [-0.39, 0.29) is 0 Å². The molecule has 0 bridgehead atoms. The first-order valence-corrected chi connectivity index (χ1v) is 16.4. The Kier molecular flexibility index (Phi) is 13.5. The van der Waals surface area contributed by atoms with E-state index in [9.17, 15) is 8.42 Å². The van der Waals surface area contributed by atoms with Gasteiger partial charge in [-0.25, -0.2) is 8.42 Å². The molecular formula is C32H52N2O2S. The maximum absolute atomic E-state index is 14.1. The molecule has 0 saturated heterocycles. The van der Waals surface area contributed by atoms with Crippen molar-refractivity contribution in [1.82, 2.24) is 0 Å². The Morgan fingerprint density at radius 3 is 0.946 bits per heavy atom. The lowest BCUT2D eigenvalue weighted by Gasteiger charge is -2.17. The largest absolute Gasteiger partial charge is 0.398 e. The molecule has 0 aromatic heterocycles. The van der Waals surface area contributed by atoms with Crippen molar-refractivity contribution in [1.29, 1.82) is 0 Å². The van der Waals surface area contributed by atoms with Gasteiger partial charge in [-0.15, -0.1) is 0 Å². The van der Waals surface area contributed by atoms with Crippen molar-refractivity contribution in [2.45, 2.75) is 140 Å². The molecular weight excluding hydrogens is 476 g/mol. The lowest BCUT2D eigenvalue weighted by atomic mass is 9.98. The predicted molar refractivity (Wildman–Crippen MR) is 160 cm³/mol. The van der Waals surface area contributed by atoms with Crippen LogP contribution in [0.4, 0.5) is 11.4 Å². The van der Waals surface area contributed by atoms with Crippen LogP contribution < -0.4 is 11.5 Å². The van der Waals surface area contributed by atoms with Crippen LogP contribution in [-0.4, -0.2) is 8.42 Å². The van der Waals surface area contributed by atoms with Crippen molar-refractivity contribution >= 4 is 21.2 Å². The molecule has 4 nitrogen and oxygen atoms in total. The lowest BCUT2D eigenvalue weighted by molar-refractivity contribution is 0.595. The summed E-state index contributed by atoms with van der Waals surface area (Å²) < 4.78 is 28.2. The maximum Gasteiger partial charge on any atom is 0.206 e. The smallest absolute Gasteiger partial charge is 0.206 e. The average molecular weight is 529 g/mol. The van der Waals surface area contributed by atoms with Gasteiger partial charge >= 0.3 is 0 Å². The highest BCUT2D eigenvalue weighted by atomic mass is 32.2. The third-order valence-corrected chi connectivity index (χ3v) is 9.18. The van der Waals surface area contributed by atoms with Gasteiger partial charge in [0.25, 0.3) is 0 Å². The van der Waals surface area contributed by atoms with Crippen molar-refractivity contribution in [2.75, 3.05) is 11.5 Å². The van der Waals surface area contributed by atoms with E-state index < -0.39 is 9.84 Å². The molecule has 2 aromatic carbocycles. The first-order valence-electron chi connectivity index (χ1n) is 14.9. The van der Waals surface area contributed by atoms with Gasteiger partial charge in [-0.3, -0.25) is 0 Å². The Bertz CT molecular complexity index is 935. The number of aryl methyl sites for hydroxylation is 4. The molecule has 208 valence electrons. The number of nitrogens with two attached hydrogens (primary N) is 2. The van der Waals surface area contributed by atoms with Crippen LogP contribution in [-0.2, 0) is 35.5 Å². The van der Waals surface area contributed by atoms with Crippen LogP contribution in [0.15, 0.2) is 34.1 Å². The number of benzene rings is 2. The first-order chi connectivity index (χ1) is 17.8. The summed E-state index contributed by atoms with van der Waals surface area (Å²) in [6.07, 6.45) is 16.3. The van der Waals surface area contributed by atoms with E-state index in [2.05, 4.69) is 27.7 Å². The zero-order valence-electron chi connectivity index (χ0n) is 24.0. The molecule has 5 heteroatoms. The van der Waals surface area contributed by atoms with Gasteiger partial charge < -0.3 is 11.5 Å². The second kappa shape index (κ2) is 16.1. The highest BCUT2D eigenvalue weighted by Crippen LogP contribution is 2.33. The van der Waals surface area contributed by atoms with Crippen LogP contribution in [0, 0.1) is 0 Å². The summed E-state index contributed by atoms with van der Waals surface area (Å²) in [6.45, 7) is 8.71. The molecule has 0 saturated carbocycles. The van der Waals surface area contributed by atoms with Crippen LogP contribution in [0.25, 0.3) is 0 Å². The van der Waals surface area contributed by atoms with Gasteiger partial charge in [0.2, 0.25) is 9.84 Å². The molecule has 0 unspecified atom stereocenters. The Hall–Kier alpha value is -2.01. The third kappa shape index (κ3) is 9.05. The predicted octanol–water partition coefficient (Wildman–Crippen LogP) is 8.61. The average Bonchev–Trinajstić information content (AvgIpc) is 2.88. The molecule has 0 fully saturated rings. The lowest BCUT2D eigenvalue weighted by Crippen LogP contribution is -2.10. The van der Waals surface area contributed by atoms with E-state index in [0.717, 1.165) is 136 Å². The quantitative estimate of drug-likeness (QED) is 0.150. The highest BCUT2D eigenvalue weighted by Gasteiger charge is 2.23. The zero-order valence-corrected chi connectivity index (χ0v) is 24.8. The summed E-state index contributed by atoms with van der Waals surface area (Å²) in [7, 11) is -3.70. The summed E-state index contributed by atoms with van der Waals surface area (Å²) in [5.41, 5.74) is 18.6. The molecule has 2 rings (SSSR count). The monoisotopic (exact) mass is 528 g/mol. The number of hydrogen-bond acceptors (Lipinski definition) is 4. The molecule has 4 N–H and O–H groups in total. The minimum Gasteiger partial charge on any atom is -0.398 e. The second-order valence-corrected chi connectivity index (χ2v) is 12.6. The minimum absolute atomic E-state index is 0.378. The van der Waals surface area contributed by atoms with E-state index in [0.29, 0.717) is 9.79 Å². The number of sulfone groups is 1. The van der Waals surface area contributed by atoms with Gasteiger partial charge in [0.05, 0.1) is 9.79 Å². The molecule has 0 heterocycles. The molecule has 37 heavy (non-hydrogen) atoms. The van der Waals surface area contributed by atoms with Gasteiger partial charge in [-0.05, 0) is 97.9 Å². The summed E-state index contributed by atoms with van der Waals surface area (Å²) in [5.74, 6) is 0. The van der Waals surface area contributed by atoms with Crippen LogP contribution >= 0.6 is 0 Å². The number of unbranched alkanes of at least 4 members (excludes halogenated alkanes) is 8. The van der Waals surface area contributed by atoms with Crippen molar-refractivity contribution in [2.24, 2.45) is 0 Å². The molecule has 0 aliphatic rings. The topological polar surface area (TPSA) is 86.2 Å². The highest BCUT2D eigenvalue weighted by molar-refractivity contribution is 7.91. The van der Waals surface area contributed by atoms with Crippen LogP contribution in [0.1, 0.15) is 127 Å². The summed E-state index contributed by atoms with van der Waals surface area (Å²) in [5, 5.41) is 0. The summed E-state index contributed by atoms with van der Waals surface area (Å²) >= 11 is 0. The van der Waals surface area contributed by atoms with Crippen LogP contribution in [0.3, 0.4) is 0 Å². The van der Waals surface area contributed by atoms with E-state index in [1.807, 2.05) is 24.3 Å². The Morgan fingerprint density at radius 2 is 0.730 bits per heavy atom. The molecule has 0 amide bonds. The fourth-order valence-corrected chi connectivity index (χ4v) is 6.49. The first kappa shape index (κ1) is 31.2. The zero-order chi connectivity index (χ0) is 27.3. The fourth-order valence-electron chi connectivity index (χ4n) is 5.03. The van der Waals surface area contributed by atoms with E-state index in [1.54, 1.807) is 0 Å². The number of nitrogen functional groups attached to an aromatic ring is 2. The fraction of sp³-hybridized carbons (Fsp3) is 0.625. The van der Waals surface area contributed by atoms with Crippen molar-refractivity contribution in [3.05, 3.63) is 46.5 Å². The maximum atomic E-state index is 14.1. The van der Waals surface area contributed by atoms with Gasteiger partial charge in [0.15, 0.2) is 0 Å². The molecule has 0 aliphatic carbocycles. The Labute approximate surface area is 227 Å². The van der Waals surface area contributed by atoms with Gasteiger partial charge in [0, 0.05) is 11.4 Å². The minimum atomic E-state index is -3.70. The summed E-state index contributed by atoms with van der Waals surface area (Å²) in [4.78, 5) is 0.756. The Morgan fingerprint density at radius 1 is 0.486 bits per heavy atom.